The summed E-state index contributed by atoms with van der Waals surface area (Å²) in [6.45, 7) is 5.08. The summed E-state index contributed by atoms with van der Waals surface area (Å²) in [5.74, 6) is 1.47. The van der Waals surface area contributed by atoms with Gasteiger partial charge in [-0.15, -0.1) is 0 Å². The van der Waals surface area contributed by atoms with Crippen molar-refractivity contribution in [2.75, 3.05) is 30.8 Å². The predicted octanol–water partition coefficient (Wildman–Crippen LogP) is 1.73. The summed E-state index contributed by atoms with van der Waals surface area (Å²) in [5, 5.41) is 15.6. The molecule has 96 valence electrons. The molecule has 0 saturated carbocycles. The number of aromatic nitrogens is 2. The van der Waals surface area contributed by atoms with Crippen molar-refractivity contribution in [2.24, 2.45) is 5.41 Å². The number of hydrogen-bond donors (Lipinski definition) is 3. The lowest BCUT2D eigenvalue weighted by Crippen LogP contribution is -2.32. The Balaban J connectivity index is 2.65. The van der Waals surface area contributed by atoms with E-state index < -0.39 is 0 Å². The van der Waals surface area contributed by atoms with Gasteiger partial charge in [0.2, 0.25) is 0 Å². The van der Waals surface area contributed by atoms with Crippen LogP contribution < -0.4 is 10.6 Å². The van der Waals surface area contributed by atoms with Crippen LogP contribution in [-0.4, -0.2) is 35.3 Å². The van der Waals surface area contributed by atoms with Crippen molar-refractivity contribution >= 4 is 11.6 Å². The first kappa shape index (κ1) is 13.7. The first-order valence-electron chi connectivity index (χ1n) is 6.04. The van der Waals surface area contributed by atoms with Crippen LogP contribution in [0, 0.1) is 5.41 Å². The first-order chi connectivity index (χ1) is 8.19. The van der Waals surface area contributed by atoms with Gasteiger partial charge in [0.15, 0.2) is 0 Å². The SMILES string of the molecule is CCC(CC)(CO)CNc1cncc(NC)n1. The van der Waals surface area contributed by atoms with Gasteiger partial charge in [0.1, 0.15) is 11.6 Å². The molecule has 17 heavy (non-hydrogen) atoms. The van der Waals surface area contributed by atoms with Crippen molar-refractivity contribution < 1.29 is 5.11 Å². The van der Waals surface area contributed by atoms with Gasteiger partial charge in [-0.25, -0.2) is 4.98 Å². The summed E-state index contributed by atoms with van der Waals surface area (Å²) in [6.07, 6.45) is 5.23. The largest absolute Gasteiger partial charge is 0.396 e. The highest BCUT2D eigenvalue weighted by molar-refractivity contribution is 5.41. The van der Waals surface area contributed by atoms with E-state index in [1.807, 2.05) is 7.05 Å². The molecule has 0 atom stereocenters. The Kier molecular flexibility index (Phi) is 5.15. The maximum Gasteiger partial charge on any atom is 0.146 e. The number of aliphatic hydroxyl groups is 1. The Morgan fingerprint density at radius 1 is 1.24 bits per heavy atom. The second-order valence-corrected chi connectivity index (χ2v) is 4.26. The minimum atomic E-state index is -0.0721. The van der Waals surface area contributed by atoms with Gasteiger partial charge in [0.05, 0.1) is 19.0 Å². The van der Waals surface area contributed by atoms with Crippen molar-refractivity contribution in [1.29, 1.82) is 0 Å². The van der Waals surface area contributed by atoms with E-state index in [9.17, 15) is 5.11 Å². The molecule has 0 unspecified atom stereocenters. The van der Waals surface area contributed by atoms with Crippen molar-refractivity contribution in [1.82, 2.24) is 9.97 Å². The average molecular weight is 238 g/mol. The fraction of sp³-hybridized carbons (Fsp3) is 0.667. The predicted molar refractivity (Wildman–Crippen MR) is 70.2 cm³/mol. The molecule has 0 saturated heterocycles. The molecule has 1 aromatic rings. The van der Waals surface area contributed by atoms with Gasteiger partial charge in [0.25, 0.3) is 0 Å². The molecule has 0 radical (unpaired) electrons. The molecule has 0 amide bonds. The van der Waals surface area contributed by atoms with E-state index >= 15 is 0 Å². The van der Waals surface area contributed by atoms with Crippen molar-refractivity contribution in [2.45, 2.75) is 26.7 Å². The smallest absolute Gasteiger partial charge is 0.146 e. The van der Waals surface area contributed by atoms with Crippen LogP contribution in [0.4, 0.5) is 11.6 Å². The molecule has 5 nitrogen and oxygen atoms in total. The van der Waals surface area contributed by atoms with E-state index in [2.05, 4.69) is 34.4 Å². The lowest BCUT2D eigenvalue weighted by Gasteiger charge is -2.29. The van der Waals surface area contributed by atoms with E-state index in [1.165, 1.54) is 0 Å². The van der Waals surface area contributed by atoms with Gasteiger partial charge in [-0.05, 0) is 12.8 Å². The van der Waals surface area contributed by atoms with E-state index in [1.54, 1.807) is 12.4 Å². The van der Waals surface area contributed by atoms with E-state index in [-0.39, 0.29) is 12.0 Å². The Labute approximate surface area is 103 Å². The third kappa shape index (κ3) is 3.56. The molecular weight excluding hydrogens is 216 g/mol. The highest BCUT2D eigenvalue weighted by atomic mass is 16.3. The zero-order valence-electron chi connectivity index (χ0n) is 10.8. The lowest BCUT2D eigenvalue weighted by atomic mass is 9.83. The Morgan fingerprint density at radius 2 is 1.88 bits per heavy atom. The van der Waals surface area contributed by atoms with Crippen LogP contribution in [0.25, 0.3) is 0 Å². The van der Waals surface area contributed by atoms with Crippen LogP contribution in [0.3, 0.4) is 0 Å². The number of rotatable bonds is 7. The first-order valence-corrected chi connectivity index (χ1v) is 6.04. The molecule has 1 aromatic heterocycles. The molecule has 0 spiro atoms. The number of anilines is 2. The summed E-state index contributed by atoms with van der Waals surface area (Å²) < 4.78 is 0. The average Bonchev–Trinajstić information content (AvgIpc) is 2.41. The van der Waals surface area contributed by atoms with Crippen LogP contribution in [-0.2, 0) is 0 Å². The van der Waals surface area contributed by atoms with Crippen molar-refractivity contribution in [3.05, 3.63) is 12.4 Å². The summed E-state index contributed by atoms with van der Waals surface area (Å²) in [6, 6.07) is 0. The molecule has 0 fully saturated rings. The third-order valence-corrected chi connectivity index (χ3v) is 3.37. The summed E-state index contributed by atoms with van der Waals surface area (Å²) in [4.78, 5) is 8.41. The molecule has 0 bridgehead atoms. The van der Waals surface area contributed by atoms with Gasteiger partial charge < -0.3 is 15.7 Å². The van der Waals surface area contributed by atoms with Gasteiger partial charge in [-0.1, -0.05) is 13.8 Å². The van der Waals surface area contributed by atoms with Crippen molar-refractivity contribution in [3.63, 3.8) is 0 Å². The van der Waals surface area contributed by atoms with Gasteiger partial charge in [0, 0.05) is 19.0 Å². The molecule has 5 heteroatoms. The minimum absolute atomic E-state index is 0.0721. The summed E-state index contributed by atoms with van der Waals surface area (Å²) >= 11 is 0. The van der Waals surface area contributed by atoms with Crippen LogP contribution in [0.15, 0.2) is 12.4 Å². The lowest BCUT2D eigenvalue weighted by molar-refractivity contribution is 0.127. The molecule has 1 rings (SSSR count). The van der Waals surface area contributed by atoms with Crippen LogP contribution >= 0.6 is 0 Å². The summed E-state index contributed by atoms with van der Waals surface area (Å²) in [5.41, 5.74) is -0.0721. The monoisotopic (exact) mass is 238 g/mol. The molecule has 0 aliphatic heterocycles. The standard InChI is InChI=1S/C12H22N4O/c1-4-12(5-2,9-17)8-15-11-7-14-6-10(13-3)16-11/h6-7,17H,4-5,8-9H2,1-3H3,(H2,13,15,16). The second kappa shape index (κ2) is 6.39. The molecule has 3 N–H and O–H groups in total. The molecular formula is C12H22N4O. The van der Waals surface area contributed by atoms with Crippen LogP contribution in [0.5, 0.6) is 0 Å². The molecule has 0 aliphatic rings. The van der Waals surface area contributed by atoms with Gasteiger partial charge in [-0.3, -0.25) is 4.98 Å². The number of aliphatic hydroxyl groups excluding tert-OH is 1. The Morgan fingerprint density at radius 3 is 2.41 bits per heavy atom. The van der Waals surface area contributed by atoms with Gasteiger partial charge >= 0.3 is 0 Å². The normalized spacial score (nSPS) is 11.3. The third-order valence-electron chi connectivity index (χ3n) is 3.37. The Bertz CT molecular complexity index is 331. The quantitative estimate of drug-likeness (QED) is 0.675. The van der Waals surface area contributed by atoms with E-state index in [4.69, 9.17) is 0 Å². The van der Waals surface area contributed by atoms with E-state index in [0.29, 0.717) is 6.54 Å². The van der Waals surface area contributed by atoms with E-state index in [0.717, 1.165) is 24.5 Å². The zero-order valence-corrected chi connectivity index (χ0v) is 10.8. The number of nitrogens with zero attached hydrogens (tertiary/aromatic N) is 2. The van der Waals surface area contributed by atoms with Crippen LogP contribution in [0.2, 0.25) is 0 Å². The topological polar surface area (TPSA) is 70.1 Å². The minimum Gasteiger partial charge on any atom is -0.396 e. The number of nitrogens with one attached hydrogen (secondary N) is 2. The van der Waals surface area contributed by atoms with Crippen molar-refractivity contribution in [3.8, 4) is 0 Å². The Hall–Kier alpha value is -1.36. The second-order valence-electron chi connectivity index (χ2n) is 4.26. The molecule has 0 aromatic carbocycles. The zero-order chi connectivity index (χ0) is 12.7. The van der Waals surface area contributed by atoms with Crippen LogP contribution in [0.1, 0.15) is 26.7 Å². The number of hydrogen-bond acceptors (Lipinski definition) is 5. The summed E-state index contributed by atoms with van der Waals surface area (Å²) in [7, 11) is 1.81. The molecule has 0 aliphatic carbocycles. The molecule has 1 heterocycles. The highest BCUT2D eigenvalue weighted by Crippen LogP contribution is 2.25. The maximum atomic E-state index is 9.47. The maximum absolute atomic E-state index is 9.47. The van der Waals surface area contributed by atoms with Gasteiger partial charge in [-0.2, -0.15) is 0 Å². The highest BCUT2D eigenvalue weighted by Gasteiger charge is 2.24. The fourth-order valence-corrected chi connectivity index (χ4v) is 1.63. The fourth-order valence-electron chi connectivity index (χ4n) is 1.63.